The number of halogens is 2. The molecule has 0 aromatic carbocycles. The van der Waals surface area contributed by atoms with Crippen LogP contribution < -0.4 is 0 Å². The first-order valence-corrected chi connectivity index (χ1v) is 6.05. The third kappa shape index (κ3) is 3.58. The second-order valence-corrected chi connectivity index (χ2v) is 4.70. The zero-order valence-electron chi connectivity index (χ0n) is 9.69. The van der Waals surface area contributed by atoms with Gasteiger partial charge in [-0.15, -0.1) is 23.2 Å². The Kier molecular flexibility index (Phi) is 7.13. The van der Waals surface area contributed by atoms with Crippen molar-refractivity contribution in [2.24, 2.45) is 0 Å². The monoisotopic (exact) mass is 240 g/mol. The SMILES string of the molecule is CN(C)C(CCl)(CCCCCl)N(C)C. The Morgan fingerprint density at radius 3 is 1.71 bits per heavy atom. The molecule has 0 radical (unpaired) electrons. The van der Waals surface area contributed by atoms with Crippen molar-refractivity contribution in [1.29, 1.82) is 0 Å². The average molecular weight is 241 g/mol. The molecule has 0 atom stereocenters. The topological polar surface area (TPSA) is 6.48 Å². The summed E-state index contributed by atoms with van der Waals surface area (Å²) in [7, 11) is 8.29. The highest BCUT2D eigenvalue weighted by atomic mass is 35.5. The summed E-state index contributed by atoms with van der Waals surface area (Å²) in [6.07, 6.45) is 3.23. The summed E-state index contributed by atoms with van der Waals surface area (Å²) in [5.41, 5.74) is -0.0341. The number of unbranched alkanes of at least 4 members (excludes halogenated alkanes) is 1. The van der Waals surface area contributed by atoms with Gasteiger partial charge in [-0.25, -0.2) is 0 Å². The predicted octanol–water partition coefficient (Wildman–Crippen LogP) is 2.45. The maximum absolute atomic E-state index is 6.08. The van der Waals surface area contributed by atoms with E-state index in [4.69, 9.17) is 23.2 Å². The fourth-order valence-electron chi connectivity index (χ4n) is 1.66. The Labute approximate surface area is 98.1 Å². The third-order valence-corrected chi connectivity index (χ3v) is 3.54. The van der Waals surface area contributed by atoms with Crippen LogP contribution in [0, 0.1) is 0 Å². The van der Waals surface area contributed by atoms with Gasteiger partial charge < -0.3 is 0 Å². The quantitative estimate of drug-likeness (QED) is 0.384. The standard InChI is InChI=1S/C10H22Cl2N2/c1-13(2)10(9-12,14(3)4)7-5-6-8-11/h5-9H2,1-4H3. The molecule has 0 aliphatic carbocycles. The van der Waals surface area contributed by atoms with Gasteiger partial charge in [0.05, 0.1) is 11.5 Å². The molecule has 0 aromatic rings. The lowest BCUT2D eigenvalue weighted by atomic mass is 10.0. The van der Waals surface area contributed by atoms with E-state index in [9.17, 15) is 0 Å². The second kappa shape index (κ2) is 6.89. The highest BCUT2D eigenvalue weighted by Gasteiger charge is 2.33. The van der Waals surface area contributed by atoms with E-state index in [-0.39, 0.29) is 5.66 Å². The lowest BCUT2D eigenvalue weighted by molar-refractivity contribution is 0.0150. The highest BCUT2D eigenvalue weighted by Crippen LogP contribution is 2.24. The minimum atomic E-state index is -0.0341. The lowest BCUT2D eigenvalue weighted by Gasteiger charge is -2.44. The fourth-order valence-corrected chi connectivity index (χ4v) is 2.46. The van der Waals surface area contributed by atoms with Crippen molar-refractivity contribution < 1.29 is 0 Å². The second-order valence-electron chi connectivity index (χ2n) is 4.05. The van der Waals surface area contributed by atoms with Gasteiger partial charge in [0.25, 0.3) is 0 Å². The Morgan fingerprint density at radius 1 is 0.929 bits per heavy atom. The number of rotatable bonds is 7. The summed E-state index contributed by atoms with van der Waals surface area (Å²) < 4.78 is 0. The van der Waals surface area contributed by atoms with Crippen molar-refractivity contribution in [1.82, 2.24) is 9.80 Å². The molecule has 0 unspecified atom stereocenters. The minimum Gasteiger partial charge on any atom is -0.290 e. The predicted molar refractivity (Wildman–Crippen MR) is 65.4 cm³/mol. The van der Waals surface area contributed by atoms with Gasteiger partial charge in [0, 0.05) is 5.88 Å². The number of nitrogens with zero attached hydrogens (tertiary/aromatic N) is 2. The van der Waals surface area contributed by atoms with Crippen LogP contribution >= 0.6 is 23.2 Å². The first kappa shape index (κ1) is 14.5. The maximum Gasteiger partial charge on any atom is 0.0866 e. The van der Waals surface area contributed by atoms with E-state index < -0.39 is 0 Å². The van der Waals surface area contributed by atoms with Crippen LogP contribution in [0.4, 0.5) is 0 Å². The molecule has 0 bridgehead atoms. The van der Waals surface area contributed by atoms with E-state index >= 15 is 0 Å². The molecule has 0 aromatic heterocycles. The molecule has 0 heterocycles. The third-order valence-electron chi connectivity index (χ3n) is 2.84. The summed E-state index contributed by atoms with van der Waals surface area (Å²) >= 11 is 11.7. The van der Waals surface area contributed by atoms with E-state index in [0.717, 1.165) is 25.1 Å². The van der Waals surface area contributed by atoms with E-state index in [2.05, 4.69) is 38.0 Å². The fraction of sp³-hybridized carbons (Fsp3) is 1.00. The first-order valence-electron chi connectivity index (χ1n) is 4.98. The summed E-state index contributed by atoms with van der Waals surface area (Å²) in [4.78, 5) is 4.38. The molecule has 0 rings (SSSR count). The molecule has 0 saturated carbocycles. The zero-order valence-corrected chi connectivity index (χ0v) is 11.2. The van der Waals surface area contributed by atoms with E-state index in [0.29, 0.717) is 5.88 Å². The Balaban J connectivity index is 4.35. The van der Waals surface area contributed by atoms with Gasteiger partial charge in [-0.05, 0) is 47.5 Å². The largest absolute Gasteiger partial charge is 0.290 e. The molecule has 86 valence electrons. The van der Waals surface area contributed by atoms with Gasteiger partial charge in [0.15, 0.2) is 0 Å². The molecule has 0 amide bonds. The van der Waals surface area contributed by atoms with Crippen LogP contribution in [-0.2, 0) is 0 Å². The smallest absolute Gasteiger partial charge is 0.0866 e. The van der Waals surface area contributed by atoms with Gasteiger partial charge in [0.2, 0.25) is 0 Å². The van der Waals surface area contributed by atoms with Crippen molar-refractivity contribution in [3.63, 3.8) is 0 Å². The summed E-state index contributed by atoms with van der Waals surface area (Å²) in [5.74, 6) is 1.36. The molecule has 4 heteroatoms. The van der Waals surface area contributed by atoms with E-state index in [1.54, 1.807) is 0 Å². The van der Waals surface area contributed by atoms with Crippen LogP contribution in [-0.4, -0.2) is 55.4 Å². The molecule has 0 N–H and O–H groups in total. The molecule has 0 saturated heterocycles. The Hall–Kier alpha value is 0.500. The Morgan fingerprint density at radius 2 is 1.43 bits per heavy atom. The molecule has 0 fully saturated rings. The molecule has 2 nitrogen and oxygen atoms in total. The van der Waals surface area contributed by atoms with Gasteiger partial charge in [-0.2, -0.15) is 0 Å². The van der Waals surface area contributed by atoms with E-state index in [1.807, 2.05) is 0 Å². The van der Waals surface area contributed by atoms with Crippen LogP contribution in [0.5, 0.6) is 0 Å². The van der Waals surface area contributed by atoms with Crippen molar-refractivity contribution in [2.45, 2.75) is 24.9 Å². The molecular weight excluding hydrogens is 219 g/mol. The van der Waals surface area contributed by atoms with Crippen molar-refractivity contribution in [2.75, 3.05) is 40.0 Å². The Bertz CT molecular complexity index is 141. The number of hydrogen-bond donors (Lipinski definition) is 0. The highest BCUT2D eigenvalue weighted by molar-refractivity contribution is 6.18. The van der Waals surface area contributed by atoms with Gasteiger partial charge >= 0.3 is 0 Å². The summed E-state index contributed by atoms with van der Waals surface area (Å²) in [5, 5.41) is 0. The molecular formula is C10H22Cl2N2. The van der Waals surface area contributed by atoms with Crippen molar-refractivity contribution in [3.8, 4) is 0 Å². The van der Waals surface area contributed by atoms with Crippen LogP contribution in [0.25, 0.3) is 0 Å². The number of alkyl halides is 2. The van der Waals surface area contributed by atoms with E-state index in [1.165, 1.54) is 0 Å². The lowest BCUT2D eigenvalue weighted by Crippen LogP contribution is -2.56. The average Bonchev–Trinajstić information content (AvgIpc) is 2.11. The van der Waals surface area contributed by atoms with Crippen molar-refractivity contribution in [3.05, 3.63) is 0 Å². The number of hydrogen-bond acceptors (Lipinski definition) is 2. The maximum atomic E-state index is 6.08. The normalized spacial score (nSPS) is 12.9. The molecule has 14 heavy (non-hydrogen) atoms. The summed E-state index contributed by atoms with van der Waals surface area (Å²) in [6, 6.07) is 0. The van der Waals surface area contributed by atoms with Gasteiger partial charge in [-0.3, -0.25) is 9.80 Å². The van der Waals surface area contributed by atoms with Gasteiger partial charge in [-0.1, -0.05) is 0 Å². The van der Waals surface area contributed by atoms with Crippen LogP contribution in [0.3, 0.4) is 0 Å². The molecule has 0 aliphatic rings. The van der Waals surface area contributed by atoms with Crippen molar-refractivity contribution >= 4 is 23.2 Å². The summed E-state index contributed by atoms with van der Waals surface area (Å²) in [6.45, 7) is 0. The van der Waals surface area contributed by atoms with Gasteiger partial charge in [0.1, 0.15) is 0 Å². The van der Waals surface area contributed by atoms with Crippen LogP contribution in [0.2, 0.25) is 0 Å². The minimum absolute atomic E-state index is 0.0341. The zero-order chi connectivity index (χ0) is 11.2. The van der Waals surface area contributed by atoms with Crippen LogP contribution in [0.1, 0.15) is 19.3 Å². The first-order chi connectivity index (χ1) is 6.51. The molecule has 0 aliphatic heterocycles. The van der Waals surface area contributed by atoms with Crippen LogP contribution in [0.15, 0.2) is 0 Å². The molecule has 0 spiro atoms.